The van der Waals surface area contributed by atoms with E-state index in [1.165, 1.54) is 12.6 Å². The maximum Gasteiger partial charge on any atom is 0.222 e. The number of rotatable bonds is 7. The van der Waals surface area contributed by atoms with Crippen molar-refractivity contribution >= 4 is 11.8 Å². The first-order valence-electron chi connectivity index (χ1n) is 9.15. The molecular weight excluding hydrogens is 318 g/mol. The van der Waals surface area contributed by atoms with Crippen molar-refractivity contribution in [1.82, 2.24) is 25.3 Å². The van der Waals surface area contributed by atoms with Crippen LogP contribution in [0, 0.1) is 5.92 Å². The van der Waals surface area contributed by atoms with Crippen molar-refractivity contribution in [2.24, 2.45) is 5.92 Å². The minimum Gasteiger partial charge on any atom is -0.353 e. The monoisotopic (exact) mass is 349 g/mol. The molecule has 0 spiro atoms. The van der Waals surface area contributed by atoms with E-state index in [2.05, 4.69) is 45.2 Å². The smallest absolute Gasteiger partial charge is 0.222 e. The zero-order chi connectivity index (χ0) is 18.4. The van der Waals surface area contributed by atoms with Crippen molar-refractivity contribution in [3.05, 3.63) is 17.5 Å². The molecule has 0 radical (unpaired) electrons. The lowest BCUT2D eigenvalue weighted by Gasteiger charge is -2.21. The summed E-state index contributed by atoms with van der Waals surface area (Å²) in [5.74, 6) is 0.453. The number of nitrogens with zero attached hydrogens (tertiary/aromatic N) is 3. The number of nitrogens with one attached hydrogen (secondary N) is 2. The lowest BCUT2D eigenvalue weighted by molar-refractivity contribution is -0.122. The molecule has 1 aromatic heterocycles. The average molecular weight is 349 g/mol. The molecular formula is C18H31N5O2. The summed E-state index contributed by atoms with van der Waals surface area (Å²) in [5, 5.41) is 10.2. The summed E-state index contributed by atoms with van der Waals surface area (Å²) in [4.78, 5) is 25.4. The molecule has 1 aromatic rings. The van der Waals surface area contributed by atoms with E-state index in [1.807, 2.05) is 6.92 Å². The molecule has 140 valence electrons. The number of hydrogen-bond donors (Lipinski definition) is 2. The van der Waals surface area contributed by atoms with Gasteiger partial charge in [0.1, 0.15) is 0 Å². The highest BCUT2D eigenvalue weighted by Gasteiger charge is 2.17. The maximum absolute atomic E-state index is 12.0. The summed E-state index contributed by atoms with van der Waals surface area (Å²) in [6, 6.07) is 1.93. The SMILES string of the molecule is CC(=O)NC(C)CC(=O)NCc1cc2n(n1)CCCN(CC(C)C)C2. The predicted molar refractivity (Wildman–Crippen MR) is 96.7 cm³/mol. The molecule has 0 saturated heterocycles. The second kappa shape index (κ2) is 8.99. The largest absolute Gasteiger partial charge is 0.353 e. The van der Waals surface area contributed by atoms with Gasteiger partial charge in [-0.15, -0.1) is 0 Å². The Morgan fingerprint density at radius 3 is 2.72 bits per heavy atom. The number of fused-ring (bicyclic) bond motifs is 1. The van der Waals surface area contributed by atoms with Gasteiger partial charge < -0.3 is 10.6 Å². The summed E-state index contributed by atoms with van der Waals surface area (Å²) in [5.41, 5.74) is 2.11. The molecule has 2 heterocycles. The topological polar surface area (TPSA) is 79.3 Å². The molecule has 2 rings (SSSR count). The minimum absolute atomic E-state index is 0.0779. The van der Waals surface area contributed by atoms with E-state index in [9.17, 15) is 9.59 Å². The van der Waals surface area contributed by atoms with E-state index >= 15 is 0 Å². The van der Waals surface area contributed by atoms with Crippen molar-refractivity contribution in [2.75, 3.05) is 13.1 Å². The van der Waals surface area contributed by atoms with E-state index in [4.69, 9.17) is 0 Å². The van der Waals surface area contributed by atoms with Crippen LogP contribution in [0.4, 0.5) is 0 Å². The van der Waals surface area contributed by atoms with Crippen molar-refractivity contribution in [1.29, 1.82) is 0 Å². The Kier molecular flexibility index (Phi) is 6.99. The second-order valence-corrected chi connectivity index (χ2v) is 7.42. The van der Waals surface area contributed by atoms with Crippen molar-refractivity contribution < 1.29 is 9.59 Å². The highest BCUT2D eigenvalue weighted by molar-refractivity contribution is 5.78. The van der Waals surface area contributed by atoms with Crippen LogP contribution >= 0.6 is 0 Å². The van der Waals surface area contributed by atoms with Crippen LogP contribution in [-0.4, -0.2) is 45.6 Å². The van der Waals surface area contributed by atoms with Crippen LogP contribution in [0.3, 0.4) is 0 Å². The third-order valence-corrected chi connectivity index (χ3v) is 4.18. The molecule has 1 aliphatic rings. The Morgan fingerprint density at radius 2 is 2.04 bits per heavy atom. The molecule has 2 N–H and O–H groups in total. The Bertz CT molecular complexity index is 596. The zero-order valence-electron chi connectivity index (χ0n) is 15.8. The number of carbonyl (C=O) groups excluding carboxylic acids is 2. The summed E-state index contributed by atoms with van der Waals surface area (Å²) in [7, 11) is 0. The maximum atomic E-state index is 12.0. The normalized spacial score (nSPS) is 16.2. The third-order valence-electron chi connectivity index (χ3n) is 4.18. The van der Waals surface area contributed by atoms with Crippen LogP contribution in [0.5, 0.6) is 0 Å². The Hall–Kier alpha value is -1.89. The van der Waals surface area contributed by atoms with E-state index in [1.54, 1.807) is 0 Å². The summed E-state index contributed by atoms with van der Waals surface area (Å²) in [6.07, 6.45) is 1.37. The highest BCUT2D eigenvalue weighted by Crippen LogP contribution is 2.15. The molecule has 0 bridgehead atoms. The predicted octanol–water partition coefficient (Wildman–Crippen LogP) is 1.28. The number of amides is 2. The summed E-state index contributed by atoms with van der Waals surface area (Å²) < 4.78 is 2.07. The Balaban J connectivity index is 1.86. The molecule has 0 aliphatic carbocycles. The van der Waals surface area contributed by atoms with Gasteiger partial charge in [-0.25, -0.2) is 0 Å². The van der Waals surface area contributed by atoms with Crippen LogP contribution in [0.1, 0.15) is 51.9 Å². The molecule has 25 heavy (non-hydrogen) atoms. The van der Waals surface area contributed by atoms with E-state index in [-0.39, 0.29) is 24.3 Å². The van der Waals surface area contributed by atoms with Gasteiger partial charge >= 0.3 is 0 Å². The standard InChI is InChI=1S/C18H31N5O2/c1-13(2)11-22-6-5-7-23-17(12-22)9-16(21-23)10-19-18(25)8-14(3)20-15(4)24/h9,13-14H,5-8,10-12H2,1-4H3,(H,19,25)(H,20,24). The van der Waals surface area contributed by atoms with Gasteiger partial charge in [-0.05, 0) is 25.3 Å². The van der Waals surface area contributed by atoms with Crippen LogP contribution in [-0.2, 0) is 29.2 Å². The molecule has 7 nitrogen and oxygen atoms in total. The summed E-state index contributed by atoms with van der Waals surface area (Å²) >= 11 is 0. The fraction of sp³-hybridized carbons (Fsp3) is 0.722. The lowest BCUT2D eigenvalue weighted by atomic mass is 10.2. The van der Waals surface area contributed by atoms with Gasteiger partial charge in [-0.3, -0.25) is 19.2 Å². The molecule has 7 heteroatoms. The first kappa shape index (κ1) is 19.4. The van der Waals surface area contributed by atoms with E-state index < -0.39 is 0 Å². The van der Waals surface area contributed by atoms with Crippen LogP contribution in [0.2, 0.25) is 0 Å². The molecule has 1 unspecified atom stereocenters. The highest BCUT2D eigenvalue weighted by atomic mass is 16.2. The zero-order valence-corrected chi connectivity index (χ0v) is 15.8. The molecule has 0 saturated carbocycles. The molecule has 2 amide bonds. The van der Waals surface area contributed by atoms with Crippen LogP contribution in [0.25, 0.3) is 0 Å². The number of aromatic nitrogens is 2. The quantitative estimate of drug-likeness (QED) is 0.777. The molecule has 0 aromatic carbocycles. The van der Waals surface area contributed by atoms with Crippen molar-refractivity contribution in [2.45, 2.75) is 66.2 Å². The molecule has 1 aliphatic heterocycles. The minimum atomic E-state index is -0.166. The first-order chi connectivity index (χ1) is 11.8. The van der Waals surface area contributed by atoms with E-state index in [0.717, 1.165) is 38.3 Å². The van der Waals surface area contributed by atoms with Crippen molar-refractivity contribution in [3.8, 4) is 0 Å². The Morgan fingerprint density at radius 1 is 1.28 bits per heavy atom. The molecule has 1 atom stereocenters. The van der Waals surface area contributed by atoms with E-state index in [0.29, 0.717) is 12.5 Å². The van der Waals surface area contributed by atoms with Gasteiger partial charge in [0, 0.05) is 45.6 Å². The fourth-order valence-corrected chi connectivity index (χ4v) is 3.28. The lowest BCUT2D eigenvalue weighted by Crippen LogP contribution is -2.36. The molecule has 0 fully saturated rings. The number of hydrogen-bond acceptors (Lipinski definition) is 4. The Labute approximate surface area is 150 Å². The van der Waals surface area contributed by atoms with Gasteiger partial charge in [0.05, 0.1) is 17.9 Å². The second-order valence-electron chi connectivity index (χ2n) is 7.42. The van der Waals surface area contributed by atoms with Gasteiger partial charge in [0.15, 0.2) is 0 Å². The van der Waals surface area contributed by atoms with Gasteiger partial charge in [0.25, 0.3) is 0 Å². The fourth-order valence-electron chi connectivity index (χ4n) is 3.28. The van der Waals surface area contributed by atoms with Gasteiger partial charge in [0.2, 0.25) is 11.8 Å². The summed E-state index contributed by atoms with van der Waals surface area (Å²) in [6.45, 7) is 12.2. The van der Waals surface area contributed by atoms with Crippen LogP contribution < -0.4 is 10.6 Å². The van der Waals surface area contributed by atoms with Crippen LogP contribution in [0.15, 0.2) is 6.07 Å². The third kappa shape index (κ3) is 6.49. The number of carbonyl (C=O) groups is 2. The average Bonchev–Trinajstić information content (AvgIpc) is 2.76. The number of aryl methyl sites for hydroxylation is 1. The van der Waals surface area contributed by atoms with Gasteiger partial charge in [-0.2, -0.15) is 5.10 Å². The van der Waals surface area contributed by atoms with Gasteiger partial charge in [-0.1, -0.05) is 13.8 Å². The van der Waals surface area contributed by atoms with Crippen molar-refractivity contribution in [3.63, 3.8) is 0 Å². The first-order valence-corrected chi connectivity index (χ1v) is 9.15.